The average Bonchev–Trinajstić information content (AvgIpc) is 2.95. The van der Waals surface area contributed by atoms with Crippen molar-refractivity contribution in [2.24, 2.45) is 11.8 Å². The molecule has 0 amide bonds. The van der Waals surface area contributed by atoms with Gasteiger partial charge < -0.3 is 5.11 Å². The van der Waals surface area contributed by atoms with Gasteiger partial charge in [-0.3, -0.25) is 4.79 Å². The lowest BCUT2D eigenvalue weighted by Gasteiger charge is -2.16. The van der Waals surface area contributed by atoms with Crippen molar-refractivity contribution in [3.63, 3.8) is 0 Å². The van der Waals surface area contributed by atoms with Crippen molar-refractivity contribution >= 4 is 16.0 Å². The highest BCUT2D eigenvalue weighted by Gasteiger charge is 2.35. The first-order valence-electron chi connectivity index (χ1n) is 6.02. The van der Waals surface area contributed by atoms with Crippen LogP contribution in [-0.4, -0.2) is 31.3 Å². The van der Waals surface area contributed by atoms with E-state index in [0.29, 0.717) is 12.3 Å². The summed E-state index contributed by atoms with van der Waals surface area (Å²) in [6.07, 6.45) is 2.32. The Morgan fingerprint density at radius 2 is 2.00 bits per heavy atom. The zero-order valence-corrected chi connectivity index (χ0v) is 11.2. The molecule has 100 valence electrons. The lowest BCUT2D eigenvalue weighted by atomic mass is 10.1. The number of hydrogen-bond donors (Lipinski definition) is 2. The Balaban J connectivity index is 2.50. The van der Waals surface area contributed by atoms with Gasteiger partial charge in [0.15, 0.2) is 0 Å². The molecular formula is C11H21NO4S. The van der Waals surface area contributed by atoms with Gasteiger partial charge in [-0.05, 0) is 31.1 Å². The monoisotopic (exact) mass is 263 g/mol. The molecular weight excluding hydrogens is 242 g/mol. The van der Waals surface area contributed by atoms with Crippen LogP contribution in [-0.2, 0) is 14.8 Å². The van der Waals surface area contributed by atoms with Crippen molar-refractivity contribution in [2.45, 2.75) is 45.6 Å². The zero-order valence-electron chi connectivity index (χ0n) is 10.3. The van der Waals surface area contributed by atoms with Gasteiger partial charge in [0.05, 0.1) is 12.2 Å². The molecule has 6 heteroatoms. The van der Waals surface area contributed by atoms with E-state index in [9.17, 15) is 13.2 Å². The van der Waals surface area contributed by atoms with Crippen molar-refractivity contribution < 1.29 is 18.3 Å². The van der Waals surface area contributed by atoms with Crippen LogP contribution in [0, 0.1) is 11.8 Å². The first kappa shape index (κ1) is 14.4. The number of aliphatic carboxylic acids is 1. The predicted octanol–water partition coefficient (Wildman–Crippen LogP) is 1.21. The summed E-state index contributed by atoms with van der Waals surface area (Å²) < 4.78 is 26.0. The Hall–Kier alpha value is -0.620. The van der Waals surface area contributed by atoms with Gasteiger partial charge in [0.25, 0.3) is 0 Å². The Labute approximate surface area is 103 Å². The maximum atomic E-state index is 11.8. The van der Waals surface area contributed by atoms with E-state index in [1.807, 2.05) is 13.8 Å². The Morgan fingerprint density at radius 3 is 2.41 bits per heavy atom. The minimum atomic E-state index is -3.34. The number of nitrogens with one attached hydrogen (secondary N) is 1. The Morgan fingerprint density at radius 1 is 1.41 bits per heavy atom. The summed E-state index contributed by atoms with van der Waals surface area (Å²) in [5.41, 5.74) is 0. The molecule has 0 heterocycles. The minimum absolute atomic E-state index is 0.0769. The number of sulfonamides is 1. The molecule has 1 rings (SSSR count). The maximum Gasteiger partial charge on any atom is 0.304 e. The third-order valence-corrected chi connectivity index (χ3v) is 4.32. The maximum absolute atomic E-state index is 11.8. The Kier molecular flexibility index (Phi) is 4.94. The molecule has 1 aliphatic rings. The van der Waals surface area contributed by atoms with E-state index in [0.717, 1.165) is 12.8 Å². The highest BCUT2D eigenvalue weighted by molar-refractivity contribution is 7.89. The van der Waals surface area contributed by atoms with Crippen LogP contribution in [0.3, 0.4) is 0 Å². The molecule has 0 bridgehead atoms. The fraction of sp³-hybridized carbons (Fsp3) is 0.909. The summed E-state index contributed by atoms with van der Waals surface area (Å²) >= 11 is 0. The Bertz CT molecular complexity index is 360. The van der Waals surface area contributed by atoms with E-state index in [2.05, 4.69) is 4.72 Å². The van der Waals surface area contributed by atoms with E-state index >= 15 is 0 Å². The SMILES string of the molecule is CC(C)CCS(=O)(=O)NC(CC(=O)O)C1CC1. The normalized spacial score (nSPS) is 18.3. The third kappa shape index (κ3) is 6.02. The van der Waals surface area contributed by atoms with Gasteiger partial charge >= 0.3 is 5.97 Å². The van der Waals surface area contributed by atoms with E-state index in [1.54, 1.807) is 0 Å². The van der Waals surface area contributed by atoms with Crippen molar-refractivity contribution in [3.05, 3.63) is 0 Å². The quantitative estimate of drug-likeness (QED) is 0.689. The minimum Gasteiger partial charge on any atom is -0.481 e. The largest absolute Gasteiger partial charge is 0.481 e. The number of hydrogen-bond acceptors (Lipinski definition) is 3. The van der Waals surface area contributed by atoms with Crippen LogP contribution < -0.4 is 4.72 Å². The van der Waals surface area contributed by atoms with Gasteiger partial charge in [0, 0.05) is 6.04 Å². The first-order chi connectivity index (χ1) is 7.80. The molecule has 0 saturated heterocycles. The predicted molar refractivity (Wildman–Crippen MR) is 65.1 cm³/mol. The zero-order chi connectivity index (χ0) is 13.1. The molecule has 17 heavy (non-hydrogen) atoms. The first-order valence-corrected chi connectivity index (χ1v) is 7.67. The molecule has 0 spiro atoms. The third-order valence-electron chi connectivity index (χ3n) is 2.88. The summed E-state index contributed by atoms with van der Waals surface area (Å²) in [7, 11) is -3.34. The number of carbonyl (C=O) groups is 1. The molecule has 1 saturated carbocycles. The van der Waals surface area contributed by atoms with Gasteiger partial charge in [-0.1, -0.05) is 13.8 Å². The summed E-state index contributed by atoms with van der Waals surface area (Å²) in [6.45, 7) is 3.93. The van der Waals surface area contributed by atoms with Gasteiger partial charge in [0.2, 0.25) is 10.0 Å². The lowest BCUT2D eigenvalue weighted by molar-refractivity contribution is -0.137. The molecule has 0 radical (unpaired) electrons. The molecule has 5 nitrogen and oxygen atoms in total. The van der Waals surface area contributed by atoms with Crippen molar-refractivity contribution in [2.75, 3.05) is 5.75 Å². The molecule has 1 aliphatic carbocycles. The van der Waals surface area contributed by atoms with Crippen LogP contribution in [0.1, 0.15) is 39.5 Å². The molecule has 1 unspecified atom stereocenters. The second-order valence-electron chi connectivity index (χ2n) is 5.16. The van der Waals surface area contributed by atoms with Gasteiger partial charge in [-0.25, -0.2) is 13.1 Å². The number of carboxylic acids is 1. The van der Waals surface area contributed by atoms with E-state index in [-0.39, 0.29) is 18.1 Å². The van der Waals surface area contributed by atoms with Crippen molar-refractivity contribution in [3.8, 4) is 0 Å². The molecule has 2 N–H and O–H groups in total. The van der Waals surface area contributed by atoms with Crippen LogP contribution in [0.2, 0.25) is 0 Å². The fourth-order valence-electron chi connectivity index (χ4n) is 1.67. The lowest BCUT2D eigenvalue weighted by Crippen LogP contribution is -2.39. The number of carboxylic acid groups (broad SMARTS) is 1. The van der Waals surface area contributed by atoms with Crippen LogP contribution in [0.5, 0.6) is 0 Å². The van der Waals surface area contributed by atoms with Gasteiger partial charge in [0.1, 0.15) is 0 Å². The molecule has 0 aromatic heterocycles. The molecule has 0 aliphatic heterocycles. The van der Waals surface area contributed by atoms with E-state index in [4.69, 9.17) is 5.11 Å². The van der Waals surface area contributed by atoms with E-state index in [1.165, 1.54) is 0 Å². The van der Waals surface area contributed by atoms with Crippen LogP contribution in [0.15, 0.2) is 0 Å². The fourth-order valence-corrected chi connectivity index (χ4v) is 3.31. The molecule has 0 aromatic carbocycles. The van der Waals surface area contributed by atoms with Crippen molar-refractivity contribution in [1.29, 1.82) is 0 Å². The summed E-state index contributed by atoms with van der Waals surface area (Å²) in [5.74, 6) is -0.341. The van der Waals surface area contributed by atoms with E-state index < -0.39 is 22.0 Å². The highest BCUT2D eigenvalue weighted by atomic mass is 32.2. The highest BCUT2D eigenvalue weighted by Crippen LogP contribution is 2.34. The average molecular weight is 263 g/mol. The van der Waals surface area contributed by atoms with Crippen LogP contribution in [0.25, 0.3) is 0 Å². The standard InChI is InChI=1S/C11H21NO4S/c1-8(2)5-6-17(15,16)12-10(7-11(13)14)9-3-4-9/h8-10,12H,3-7H2,1-2H3,(H,13,14). The summed E-state index contributed by atoms with van der Waals surface area (Å²) in [6, 6.07) is -0.426. The smallest absolute Gasteiger partial charge is 0.304 e. The van der Waals surface area contributed by atoms with Crippen LogP contribution in [0.4, 0.5) is 0 Å². The molecule has 1 atom stereocenters. The molecule has 0 aromatic rings. The van der Waals surface area contributed by atoms with Crippen LogP contribution >= 0.6 is 0 Å². The summed E-state index contributed by atoms with van der Waals surface area (Å²) in [4.78, 5) is 10.7. The van der Waals surface area contributed by atoms with Gasteiger partial charge in [-0.15, -0.1) is 0 Å². The second kappa shape index (κ2) is 5.82. The molecule has 1 fully saturated rings. The van der Waals surface area contributed by atoms with Gasteiger partial charge in [-0.2, -0.15) is 0 Å². The second-order valence-corrected chi connectivity index (χ2v) is 7.03. The number of rotatable bonds is 8. The topological polar surface area (TPSA) is 83.5 Å². The summed E-state index contributed by atoms with van der Waals surface area (Å²) in [5, 5.41) is 8.74. The van der Waals surface area contributed by atoms with Crippen molar-refractivity contribution in [1.82, 2.24) is 4.72 Å².